The molecule has 0 saturated carbocycles. The maximum atomic E-state index is 12.7. The Bertz CT molecular complexity index is 1030. The number of imide groups is 1. The Hall–Kier alpha value is -1.96. The van der Waals surface area contributed by atoms with Crippen molar-refractivity contribution < 1.29 is 19.1 Å². The Morgan fingerprint density at radius 1 is 1.19 bits per heavy atom. The van der Waals surface area contributed by atoms with Gasteiger partial charge in [-0.15, -0.1) is 0 Å². The van der Waals surface area contributed by atoms with Crippen molar-refractivity contribution in [3.05, 3.63) is 61.9 Å². The molecular weight excluding hydrogens is 502 g/mol. The van der Waals surface area contributed by atoms with E-state index in [1.807, 2.05) is 51.1 Å². The van der Waals surface area contributed by atoms with Crippen LogP contribution in [0.2, 0.25) is 5.02 Å². The molecule has 8 heteroatoms. The quantitative estimate of drug-likeness (QED) is 0.351. The van der Waals surface area contributed by atoms with Crippen LogP contribution in [-0.2, 0) is 11.4 Å². The van der Waals surface area contributed by atoms with Crippen LogP contribution < -0.4 is 9.47 Å². The van der Waals surface area contributed by atoms with Crippen molar-refractivity contribution >= 4 is 56.5 Å². The zero-order valence-electron chi connectivity index (χ0n) is 17.5. The Morgan fingerprint density at radius 2 is 1.94 bits per heavy atom. The number of hydrogen-bond acceptors (Lipinski definition) is 5. The van der Waals surface area contributed by atoms with Gasteiger partial charge in [-0.05, 0) is 77.8 Å². The van der Waals surface area contributed by atoms with Crippen LogP contribution in [0, 0.1) is 0 Å². The van der Waals surface area contributed by atoms with E-state index in [-0.39, 0.29) is 23.8 Å². The second-order valence-corrected chi connectivity index (χ2v) is 9.21. The molecule has 2 amide bonds. The van der Waals surface area contributed by atoms with Crippen molar-refractivity contribution in [1.29, 1.82) is 0 Å². The van der Waals surface area contributed by atoms with E-state index >= 15 is 0 Å². The molecule has 164 valence electrons. The van der Waals surface area contributed by atoms with E-state index in [0.717, 1.165) is 22.9 Å². The zero-order chi connectivity index (χ0) is 22.5. The van der Waals surface area contributed by atoms with Gasteiger partial charge in [-0.25, -0.2) is 0 Å². The van der Waals surface area contributed by atoms with E-state index in [2.05, 4.69) is 15.9 Å². The van der Waals surface area contributed by atoms with Gasteiger partial charge in [0.15, 0.2) is 11.5 Å². The Labute approximate surface area is 199 Å². The molecular formula is C23H23BrClNO4S. The molecule has 2 aromatic rings. The number of thioether (sulfide) groups is 1. The average molecular weight is 525 g/mol. The van der Waals surface area contributed by atoms with E-state index < -0.39 is 0 Å². The number of carbonyl (C=O) groups excluding carboxylic acids is 2. The molecule has 0 N–H and O–H groups in total. The highest BCUT2D eigenvalue weighted by Crippen LogP contribution is 2.40. The van der Waals surface area contributed by atoms with Crippen molar-refractivity contribution in [1.82, 2.24) is 4.90 Å². The molecule has 3 rings (SSSR count). The van der Waals surface area contributed by atoms with E-state index in [1.165, 1.54) is 4.90 Å². The summed E-state index contributed by atoms with van der Waals surface area (Å²) in [5.74, 6) is 0.820. The summed E-state index contributed by atoms with van der Waals surface area (Å²) in [6.07, 6.45) is 2.42. The van der Waals surface area contributed by atoms with Gasteiger partial charge in [0.2, 0.25) is 0 Å². The van der Waals surface area contributed by atoms with Crippen LogP contribution in [0.25, 0.3) is 6.08 Å². The monoisotopic (exact) mass is 523 g/mol. The maximum absolute atomic E-state index is 12.7. The lowest BCUT2D eigenvalue weighted by molar-refractivity contribution is -0.124. The molecule has 31 heavy (non-hydrogen) atoms. The second-order valence-electron chi connectivity index (χ2n) is 6.95. The first-order valence-corrected chi connectivity index (χ1v) is 11.9. The summed E-state index contributed by atoms with van der Waals surface area (Å²) in [7, 11) is 0. The number of hydrogen-bond donors (Lipinski definition) is 0. The van der Waals surface area contributed by atoms with Gasteiger partial charge in [-0.3, -0.25) is 14.5 Å². The maximum Gasteiger partial charge on any atom is 0.293 e. The molecule has 1 aliphatic heterocycles. The van der Waals surface area contributed by atoms with Crippen molar-refractivity contribution in [3.63, 3.8) is 0 Å². The number of nitrogens with zero attached hydrogens (tertiary/aromatic N) is 1. The molecule has 0 radical (unpaired) electrons. The fourth-order valence-electron chi connectivity index (χ4n) is 3.03. The van der Waals surface area contributed by atoms with Crippen molar-refractivity contribution in [2.75, 3.05) is 6.61 Å². The van der Waals surface area contributed by atoms with Crippen molar-refractivity contribution in [2.24, 2.45) is 0 Å². The fourth-order valence-corrected chi connectivity index (χ4v) is 4.73. The molecule has 0 aliphatic carbocycles. The third-order valence-corrected chi connectivity index (χ3v) is 6.66. The summed E-state index contributed by atoms with van der Waals surface area (Å²) in [6, 6.07) is 11.0. The van der Waals surface area contributed by atoms with Gasteiger partial charge in [0.05, 0.1) is 16.0 Å². The molecule has 2 aromatic carbocycles. The van der Waals surface area contributed by atoms with Gasteiger partial charge in [0, 0.05) is 16.6 Å². The van der Waals surface area contributed by atoms with Crippen LogP contribution in [-0.4, -0.2) is 28.7 Å². The summed E-state index contributed by atoms with van der Waals surface area (Å²) in [5.41, 5.74) is 1.59. The lowest BCUT2D eigenvalue weighted by atomic mass is 10.1. The summed E-state index contributed by atoms with van der Waals surface area (Å²) in [4.78, 5) is 26.7. The molecule has 0 bridgehead atoms. The zero-order valence-corrected chi connectivity index (χ0v) is 20.6. The first-order chi connectivity index (χ1) is 14.8. The Balaban J connectivity index is 1.88. The van der Waals surface area contributed by atoms with E-state index in [1.54, 1.807) is 12.1 Å². The molecule has 1 heterocycles. The van der Waals surface area contributed by atoms with Gasteiger partial charge in [-0.2, -0.15) is 0 Å². The van der Waals surface area contributed by atoms with Crippen LogP contribution in [0.15, 0.2) is 45.8 Å². The summed E-state index contributed by atoms with van der Waals surface area (Å²) in [5, 5.41) is 0.389. The van der Waals surface area contributed by atoms with Crippen molar-refractivity contribution in [2.45, 2.75) is 39.8 Å². The van der Waals surface area contributed by atoms with Gasteiger partial charge in [-0.1, -0.05) is 36.7 Å². The lowest BCUT2D eigenvalue weighted by Crippen LogP contribution is -2.36. The Morgan fingerprint density at radius 3 is 2.61 bits per heavy atom. The minimum Gasteiger partial charge on any atom is -0.490 e. The number of halogens is 2. The smallest absolute Gasteiger partial charge is 0.293 e. The van der Waals surface area contributed by atoms with E-state index in [4.69, 9.17) is 21.1 Å². The molecule has 0 aromatic heterocycles. The highest BCUT2D eigenvalue weighted by atomic mass is 79.9. The summed E-state index contributed by atoms with van der Waals surface area (Å²) < 4.78 is 12.5. The SMILES string of the molecule is CCOc1cc(/C=C2/SC(=O)N([C@H](C)CC)C2=O)cc(Br)c1OCc1ccccc1Cl. The minimum absolute atomic E-state index is 0.135. The predicted octanol–water partition coefficient (Wildman–Crippen LogP) is 6.92. The van der Waals surface area contributed by atoms with Crippen LogP contribution >= 0.6 is 39.3 Å². The third kappa shape index (κ3) is 5.45. The molecule has 1 aliphatic rings. The molecule has 5 nitrogen and oxygen atoms in total. The first-order valence-electron chi connectivity index (χ1n) is 9.95. The number of ether oxygens (including phenoxy) is 2. The molecule has 1 fully saturated rings. The molecule has 0 unspecified atom stereocenters. The number of rotatable bonds is 8. The van der Waals surface area contributed by atoms with Gasteiger partial charge in [0.25, 0.3) is 11.1 Å². The van der Waals surface area contributed by atoms with Crippen LogP contribution in [0.3, 0.4) is 0 Å². The van der Waals surface area contributed by atoms with Crippen LogP contribution in [0.5, 0.6) is 11.5 Å². The number of amides is 2. The first kappa shape index (κ1) is 23.7. The Kier molecular flexibility index (Phi) is 8.08. The van der Waals surface area contributed by atoms with E-state index in [9.17, 15) is 9.59 Å². The normalized spacial score (nSPS) is 16.2. The molecule has 0 spiro atoms. The highest BCUT2D eigenvalue weighted by Gasteiger charge is 2.37. The standard InChI is InChI=1S/C23H23BrClNO4S/c1-4-14(3)26-22(27)20(31-23(26)28)12-15-10-17(24)21(19(11-15)29-5-2)30-13-16-8-6-7-9-18(16)25/h6-12,14H,4-5,13H2,1-3H3/b20-12+/t14-/m1/s1. The van der Waals surface area contributed by atoms with Crippen molar-refractivity contribution in [3.8, 4) is 11.5 Å². The predicted molar refractivity (Wildman–Crippen MR) is 129 cm³/mol. The number of carbonyl (C=O) groups is 2. The molecule has 1 saturated heterocycles. The third-order valence-electron chi connectivity index (χ3n) is 4.81. The largest absolute Gasteiger partial charge is 0.490 e. The minimum atomic E-state index is -0.266. The van der Waals surface area contributed by atoms with Gasteiger partial charge in [0.1, 0.15) is 6.61 Å². The second kappa shape index (κ2) is 10.6. The van der Waals surface area contributed by atoms with Crippen LogP contribution in [0.4, 0.5) is 4.79 Å². The summed E-state index contributed by atoms with van der Waals surface area (Å²) >= 11 is 10.7. The number of benzene rings is 2. The summed E-state index contributed by atoms with van der Waals surface area (Å²) in [6.45, 7) is 6.43. The van der Waals surface area contributed by atoms with E-state index in [0.29, 0.717) is 38.9 Å². The van der Waals surface area contributed by atoms with Crippen LogP contribution in [0.1, 0.15) is 38.3 Å². The topological polar surface area (TPSA) is 55.8 Å². The lowest BCUT2D eigenvalue weighted by Gasteiger charge is -2.19. The fraction of sp³-hybridized carbons (Fsp3) is 0.304. The highest BCUT2D eigenvalue weighted by molar-refractivity contribution is 9.10. The molecule has 1 atom stereocenters. The average Bonchev–Trinajstić information content (AvgIpc) is 3.01. The van der Waals surface area contributed by atoms with Gasteiger partial charge >= 0.3 is 0 Å². The van der Waals surface area contributed by atoms with Gasteiger partial charge < -0.3 is 9.47 Å².